The van der Waals surface area contributed by atoms with E-state index in [2.05, 4.69) is 10.3 Å². The Hall–Kier alpha value is -1.91. The molecule has 1 aromatic heterocycles. The molecule has 1 saturated carbocycles. The summed E-state index contributed by atoms with van der Waals surface area (Å²) < 4.78 is 0. The van der Waals surface area contributed by atoms with Gasteiger partial charge in [0.15, 0.2) is 0 Å². The number of nitrogens with zero attached hydrogens (tertiary/aromatic N) is 1. The van der Waals surface area contributed by atoms with Crippen molar-refractivity contribution in [3.63, 3.8) is 0 Å². The molecule has 2 N–H and O–H groups in total. The summed E-state index contributed by atoms with van der Waals surface area (Å²) in [5.74, 6) is -1.37. The van der Waals surface area contributed by atoms with Crippen LogP contribution in [0.25, 0.3) is 0 Å². The third kappa shape index (κ3) is 4.28. The quantitative estimate of drug-likeness (QED) is 0.891. The van der Waals surface area contributed by atoms with E-state index in [1.807, 2.05) is 26.0 Å². The third-order valence-electron chi connectivity index (χ3n) is 4.00. The van der Waals surface area contributed by atoms with Crippen LogP contribution in [0.4, 0.5) is 0 Å². The van der Waals surface area contributed by atoms with E-state index in [-0.39, 0.29) is 17.7 Å². The second kappa shape index (κ2) is 6.70. The standard InChI is InChI=1S/C16H22N2O3/c1-10-6-12(7-11(2)18-10)9-17-15(19)13-4-3-5-14(8-13)16(20)21/h6-7,13-14H,3-5,8-9H2,1-2H3,(H,17,19)(H,20,21). The molecule has 0 aliphatic heterocycles. The minimum atomic E-state index is -0.784. The van der Waals surface area contributed by atoms with Crippen LogP contribution in [0.3, 0.4) is 0 Å². The van der Waals surface area contributed by atoms with E-state index < -0.39 is 5.97 Å². The fraction of sp³-hybridized carbons (Fsp3) is 0.562. The lowest BCUT2D eigenvalue weighted by atomic mass is 9.81. The molecule has 0 spiro atoms. The summed E-state index contributed by atoms with van der Waals surface area (Å²) in [4.78, 5) is 27.5. The van der Waals surface area contributed by atoms with Crippen LogP contribution < -0.4 is 5.32 Å². The van der Waals surface area contributed by atoms with Gasteiger partial charge in [-0.05, 0) is 50.8 Å². The van der Waals surface area contributed by atoms with Crippen LogP contribution in [0.5, 0.6) is 0 Å². The van der Waals surface area contributed by atoms with Gasteiger partial charge in [-0.25, -0.2) is 0 Å². The molecular weight excluding hydrogens is 268 g/mol. The number of carbonyl (C=O) groups is 2. The maximum absolute atomic E-state index is 12.2. The molecule has 5 heteroatoms. The molecule has 0 radical (unpaired) electrons. The number of carbonyl (C=O) groups excluding carboxylic acids is 1. The lowest BCUT2D eigenvalue weighted by Crippen LogP contribution is -2.35. The minimum absolute atomic E-state index is 0.0342. The Morgan fingerprint density at radius 1 is 1.24 bits per heavy atom. The first kappa shape index (κ1) is 15.5. The van der Waals surface area contributed by atoms with Gasteiger partial charge in [-0.15, -0.1) is 0 Å². The van der Waals surface area contributed by atoms with E-state index in [1.54, 1.807) is 0 Å². The van der Waals surface area contributed by atoms with Crippen molar-refractivity contribution in [1.82, 2.24) is 10.3 Å². The molecule has 1 aliphatic carbocycles. The highest BCUT2D eigenvalue weighted by molar-refractivity contribution is 5.80. The van der Waals surface area contributed by atoms with Crippen LogP contribution in [-0.4, -0.2) is 22.0 Å². The molecular formula is C16H22N2O3. The van der Waals surface area contributed by atoms with Crippen LogP contribution in [-0.2, 0) is 16.1 Å². The highest BCUT2D eigenvalue weighted by atomic mass is 16.4. The molecule has 1 fully saturated rings. The maximum atomic E-state index is 12.2. The normalized spacial score (nSPS) is 21.8. The summed E-state index contributed by atoms with van der Waals surface area (Å²) in [6, 6.07) is 3.91. The first-order valence-corrected chi connectivity index (χ1v) is 7.40. The monoisotopic (exact) mass is 290 g/mol. The zero-order chi connectivity index (χ0) is 15.4. The van der Waals surface area contributed by atoms with E-state index in [0.29, 0.717) is 19.4 Å². The van der Waals surface area contributed by atoms with Gasteiger partial charge < -0.3 is 10.4 Å². The molecule has 0 aromatic carbocycles. The molecule has 2 atom stereocenters. The maximum Gasteiger partial charge on any atom is 0.306 e. The predicted molar refractivity (Wildman–Crippen MR) is 78.6 cm³/mol. The molecule has 2 rings (SSSR count). The lowest BCUT2D eigenvalue weighted by molar-refractivity contribution is -0.144. The van der Waals surface area contributed by atoms with Crippen molar-refractivity contribution >= 4 is 11.9 Å². The fourth-order valence-electron chi connectivity index (χ4n) is 3.01. The number of amides is 1. The third-order valence-corrected chi connectivity index (χ3v) is 4.00. The van der Waals surface area contributed by atoms with E-state index in [1.165, 1.54) is 0 Å². The van der Waals surface area contributed by atoms with Crippen molar-refractivity contribution in [2.75, 3.05) is 0 Å². The molecule has 0 saturated heterocycles. The smallest absolute Gasteiger partial charge is 0.306 e. The number of hydrogen-bond acceptors (Lipinski definition) is 3. The number of carboxylic acids is 1. The Balaban J connectivity index is 1.90. The van der Waals surface area contributed by atoms with E-state index in [9.17, 15) is 9.59 Å². The second-order valence-electron chi connectivity index (χ2n) is 5.87. The predicted octanol–water partition coefficient (Wildman–Crippen LogP) is 2.21. The highest BCUT2D eigenvalue weighted by Gasteiger charge is 2.30. The van der Waals surface area contributed by atoms with Crippen molar-refractivity contribution in [2.24, 2.45) is 11.8 Å². The first-order valence-electron chi connectivity index (χ1n) is 7.40. The Morgan fingerprint density at radius 2 is 1.86 bits per heavy atom. The molecule has 21 heavy (non-hydrogen) atoms. The van der Waals surface area contributed by atoms with Crippen LogP contribution >= 0.6 is 0 Å². The van der Waals surface area contributed by atoms with Gasteiger partial charge in [0.2, 0.25) is 5.91 Å². The Kier molecular flexibility index (Phi) is 4.94. The molecule has 1 heterocycles. The Labute approximate surface area is 124 Å². The van der Waals surface area contributed by atoms with Crippen LogP contribution in [0.2, 0.25) is 0 Å². The van der Waals surface area contributed by atoms with Gasteiger partial charge in [-0.3, -0.25) is 14.6 Å². The summed E-state index contributed by atoms with van der Waals surface area (Å²) in [7, 11) is 0. The average molecular weight is 290 g/mol. The minimum Gasteiger partial charge on any atom is -0.481 e. The molecule has 1 amide bonds. The number of aryl methyl sites for hydroxylation is 2. The number of nitrogens with one attached hydrogen (secondary N) is 1. The van der Waals surface area contributed by atoms with Gasteiger partial charge in [0.1, 0.15) is 0 Å². The van der Waals surface area contributed by atoms with Gasteiger partial charge in [0.05, 0.1) is 5.92 Å². The lowest BCUT2D eigenvalue weighted by Gasteiger charge is -2.25. The summed E-state index contributed by atoms with van der Waals surface area (Å²) in [6.07, 6.45) is 2.73. The molecule has 0 bridgehead atoms. The zero-order valence-corrected chi connectivity index (χ0v) is 12.6. The van der Waals surface area contributed by atoms with Crippen molar-refractivity contribution < 1.29 is 14.7 Å². The van der Waals surface area contributed by atoms with Crippen molar-refractivity contribution in [2.45, 2.75) is 46.1 Å². The van der Waals surface area contributed by atoms with Gasteiger partial charge >= 0.3 is 5.97 Å². The van der Waals surface area contributed by atoms with Crippen molar-refractivity contribution in [1.29, 1.82) is 0 Å². The largest absolute Gasteiger partial charge is 0.481 e. The number of hydrogen-bond donors (Lipinski definition) is 2. The summed E-state index contributed by atoms with van der Waals surface area (Å²) in [5.41, 5.74) is 2.89. The number of carboxylic acid groups (broad SMARTS) is 1. The van der Waals surface area contributed by atoms with Crippen LogP contribution in [0.1, 0.15) is 42.6 Å². The summed E-state index contributed by atoms with van der Waals surface area (Å²) in [6.45, 7) is 4.32. The van der Waals surface area contributed by atoms with Crippen molar-refractivity contribution in [3.8, 4) is 0 Å². The van der Waals surface area contributed by atoms with E-state index >= 15 is 0 Å². The Morgan fingerprint density at radius 3 is 2.48 bits per heavy atom. The number of aliphatic carboxylic acids is 1. The molecule has 1 aromatic rings. The van der Waals surface area contributed by atoms with Crippen LogP contribution in [0, 0.1) is 25.7 Å². The van der Waals surface area contributed by atoms with Crippen molar-refractivity contribution in [3.05, 3.63) is 29.1 Å². The molecule has 1 aliphatic rings. The molecule has 2 unspecified atom stereocenters. The summed E-state index contributed by atoms with van der Waals surface area (Å²) >= 11 is 0. The average Bonchev–Trinajstić information content (AvgIpc) is 2.44. The molecule has 114 valence electrons. The first-order chi connectivity index (χ1) is 9.95. The number of rotatable bonds is 4. The fourth-order valence-corrected chi connectivity index (χ4v) is 3.01. The highest BCUT2D eigenvalue weighted by Crippen LogP contribution is 2.29. The van der Waals surface area contributed by atoms with Gasteiger partial charge in [-0.2, -0.15) is 0 Å². The topological polar surface area (TPSA) is 79.3 Å². The van der Waals surface area contributed by atoms with Gasteiger partial charge in [-0.1, -0.05) is 6.42 Å². The van der Waals surface area contributed by atoms with E-state index in [4.69, 9.17) is 5.11 Å². The molecule has 5 nitrogen and oxygen atoms in total. The number of pyridine rings is 1. The van der Waals surface area contributed by atoms with Gasteiger partial charge in [0.25, 0.3) is 0 Å². The summed E-state index contributed by atoms with van der Waals surface area (Å²) in [5, 5.41) is 12.0. The zero-order valence-electron chi connectivity index (χ0n) is 12.6. The van der Waals surface area contributed by atoms with Gasteiger partial charge in [0, 0.05) is 23.9 Å². The number of aromatic nitrogens is 1. The Bertz CT molecular complexity index is 522. The van der Waals surface area contributed by atoms with Crippen LogP contribution in [0.15, 0.2) is 12.1 Å². The SMILES string of the molecule is Cc1cc(CNC(=O)C2CCCC(C(=O)O)C2)cc(C)n1. The van der Waals surface area contributed by atoms with E-state index in [0.717, 1.165) is 29.8 Å². The second-order valence-corrected chi connectivity index (χ2v) is 5.87.